The Bertz CT molecular complexity index is 3130. The Morgan fingerprint density at radius 1 is 0.421 bits per heavy atom. The topological polar surface area (TPSA) is 17.8 Å². The maximum absolute atomic E-state index is 6.80. The molecule has 0 spiro atoms. The first-order valence-corrected chi connectivity index (χ1v) is 18.4. The van der Waals surface area contributed by atoms with Crippen molar-refractivity contribution in [1.29, 1.82) is 0 Å². The molecule has 20 radical (unpaired) electrons. The summed E-state index contributed by atoms with van der Waals surface area (Å²) in [5, 5.41) is 5.62. The van der Waals surface area contributed by atoms with Crippen LogP contribution in [0.2, 0.25) is 0 Å². The number of hydrogen-bond acceptors (Lipinski definition) is 1. The van der Waals surface area contributed by atoms with E-state index in [0.717, 1.165) is 72.4 Å². The molecule has 9 rings (SSSR count). The lowest BCUT2D eigenvalue weighted by Crippen LogP contribution is -2.55. The van der Waals surface area contributed by atoms with Crippen molar-refractivity contribution < 1.29 is 0 Å². The number of hydrogen-bond donors (Lipinski definition) is 0. The predicted molar refractivity (Wildman–Crippen MR) is 253 cm³/mol. The minimum Gasteiger partial charge on any atom is -0.296 e. The van der Waals surface area contributed by atoms with Gasteiger partial charge in [0, 0.05) is 12.1 Å². The second-order valence-electron chi connectivity index (χ2n) is 14.4. The zero-order valence-electron chi connectivity index (χ0n) is 31.2. The number of aryl methyl sites for hydroxylation is 1. The summed E-state index contributed by atoms with van der Waals surface area (Å²) in [7, 11) is 64.9. The van der Waals surface area contributed by atoms with Crippen LogP contribution in [0.25, 0.3) is 82.4 Å². The summed E-state index contributed by atoms with van der Waals surface area (Å²) in [5.41, 5.74) is 9.03. The van der Waals surface area contributed by atoms with Crippen LogP contribution in [-0.2, 0) is 6.42 Å². The molecular weight excluding hydrogens is 677 g/mol. The fourth-order valence-electron chi connectivity index (χ4n) is 8.32. The summed E-state index contributed by atoms with van der Waals surface area (Å²) >= 11 is 0. The van der Waals surface area contributed by atoms with Crippen LogP contribution in [0, 0.1) is 0 Å². The van der Waals surface area contributed by atoms with Gasteiger partial charge in [-0.2, -0.15) is 0 Å². The van der Waals surface area contributed by atoms with Gasteiger partial charge >= 0.3 is 0 Å². The standard InChI is InChI=1S/C45H22B10N2/c1-2-31-56-29-9-5-6-10-30(29)57(31)24-15-13-20-17-22(12-11-21(20)18-24)32-25-7-3-4-8-26(25)34(35-38(48)42(52)45(55)43(53)39(35)49)28-19-23(14-16-27(28)32)33-36(46)40(50)44(54)41(51)37(33)47/h3-19H,2H2,1H3. The van der Waals surface area contributed by atoms with Gasteiger partial charge < -0.3 is 0 Å². The number of fused-ring (bicyclic) bond motifs is 4. The molecule has 0 saturated carbocycles. The second kappa shape index (κ2) is 13.9. The molecule has 2 nitrogen and oxygen atoms in total. The molecule has 0 aliphatic carbocycles. The molecule has 0 unspecified atom stereocenters. The van der Waals surface area contributed by atoms with E-state index in [1.165, 1.54) is 0 Å². The Morgan fingerprint density at radius 3 is 1.56 bits per heavy atom. The van der Waals surface area contributed by atoms with Crippen LogP contribution in [0.3, 0.4) is 0 Å². The normalized spacial score (nSPS) is 11.7. The van der Waals surface area contributed by atoms with Crippen LogP contribution < -0.4 is 54.6 Å². The van der Waals surface area contributed by atoms with Gasteiger partial charge in [-0.25, -0.2) is 4.98 Å². The number of benzene rings is 8. The monoisotopic (exact) mass is 700 g/mol. The van der Waals surface area contributed by atoms with Gasteiger partial charge in [-0.3, -0.25) is 4.57 Å². The largest absolute Gasteiger partial charge is 0.296 e. The number of imidazole rings is 1. The summed E-state index contributed by atoms with van der Waals surface area (Å²) < 4.78 is 2.23. The molecule has 57 heavy (non-hydrogen) atoms. The van der Waals surface area contributed by atoms with Gasteiger partial charge in [-0.05, 0) is 102 Å². The molecule has 242 valence electrons. The summed E-state index contributed by atoms with van der Waals surface area (Å²) in [6, 6.07) is 35.2. The molecule has 0 aliphatic heterocycles. The van der Waals surface area contributed by atoms with Crippen LogP contribution in [0.15, 0.2) is 103 Å². The molecule has 0 aliphatic rings. The van der Waals surface area contributed by atoms with Gasteiger partial charge in [0.2, 0.25) is 0 Å². The van der Waals surface area contributed by atoms with E-state index in [1.54, 1.807) is 0 Å². The maximum Gasteiger partial charge on any atom is 0.114 e. The van der Waals surface area contributed by atoms with Crippen LogP contribution in [-0.4, -0.2) is 88.0 Å². The number of para-hydroxylation sites is 2. The highest BCUT2D eigenvalue weighted by Gasteiger charge is 2.23. The van der Waals surface area contributed by atoms with Crippen molar-refractivity contribution in [3.05, 3.63) is 109 Å². The first kappa shape index (κ1) is 37.2. The van der Waals surface area contributed by atoms with Crippen molar-refractivity contribution in [2.45, 2.75) is 13.3 Å². The first-order valence-electron chi connectivity index (χ1n) is 18.4. The molecule has 8 aromatic carbocycles. The maximum atomic E-state index is 6.80. The van der Waals surface area contributed by atoms with Crippen molar-refractivity contribution in [3.8, 4) is 39.1 Å². The third-order valence-electron chi connectivity index (χ3n) is 11.3. The van der Waals surface area contributed by atoms with Gasteiger partial charge in [-0.15, -0.1) is 32.8 Å². The first-order chi connectivity index (χ1) is 27.4. The molecule has 9 aromatic rings. The predicted octanol–water partition coefficient (Wildman–Crippen LogP) is -0.0135. The smallest absolute Gasteiger partial charge is 0.114 e. The fraction of sp³-hybridized carbons (Fsp3) is 0.0444. The quantitative estimate of drug-likeness (QED) is 0.183. The van der Waals surface area contributed by atoms with E-state index in [4.69, 9.17) is 83.4 Å². The fourth-order valence-corrected chi connectivity index (χ4v) is 8.32. The SMILES string of the molecule is [B]c1c([B])c([B])c(-c2ccc3c(-c4ccc5cc(-n6c(CC)nc7ccccc76)ccc5c4)c4ccccc4c(-c4c([B])c([B])c([B])c([B])c4[B])c3c2)c([B])c1[B]. The van der Waals surface area contributed by atoms with Gasteiger partial charge in [0.15, 0.2) is 0 Å². The number of aromatic nitrogens is 2. The van der Waals surface area contributed by atoms with Crippen LogP contribution in [0.5, 0.6) is 0 Å². The lowest BCUT2D eigenvalue weighted by molar-refractivity contribution is 0.909. The van der Waals surface area contributed by atoms with E-state index in [9.17, 15) is 0 Å². The third-order valence-corrected chi connectivity index (χ3v) is 11.3. The molecule has 0 N–H and O–H groups in total. The van der Waals surface area contributed by atoms with Gasteiger partial charge in [0.1, 0.15) is 84.3 Å². The average Bonchev–Trinajstić information content (AvgIpc) is 3.62. The minimum absolute atomic E-state index is 0.125. The molecule has 0 saturated heterocycles. The van der Waals surface area contributed by atoms with E-state index in [2.05, 4.69) is 60.0 Å². The highest BCUT2D eigenvalue weighted by molar-refractivity contribution is 6.70. The molecular formula is C45H22B10N2. The van der Waals surface area contributed by atoms with E-state index < -0.39 is 0 Å². The Labute approximate surface area is 345 Å². The van der Waals surface area contributed by atoms with Gasteiger partial charge in [0.05, 0.1) is 11.0 Å². The Balaban J connectivity index is 1.35. The molecule has 0 atom stereocenters. The molecule has 1 aromatic heterocycles. The Hall–Kier alpha value is -5.34. The number of nitrogens with zero attached hydrogens (tertiary/aromatic N) is 2. The van der Waals surface area contributed by atoms with Crippen molar-refractivity contribution in [2.24, 2.45) is 0 Å². The zero-order valence-corrected chi connectivity index (χ0v) is 31.2. The highest BCUT2D eigenvalue weighted by Crippen LogP contribution is 2.44. The third kappa shape index (κ3) is 5.65. The van der Waals surface area contributed by atoms with Crippen molar-refractivity contribution in [2.75, 3.05) is 0 Å². The number of rotatable bonds is 5. The zero-order chi connectivity index (χ0) is 40.0. The van der Waals surface area contributed by atoms with Gasteiger partial charge in [0.25, 0.3) is 0 Å². The molecule has 1 heterocycles. The van der Waals surface area contributed by atoms with Crippen LogP contribution in [0.1, 0.15) is 12.7 Å². The van der Waals surface area contributed by atoms with E-state index in [1.807, 2.05) is 54.6 Å². The Morgan fingerprint density at radius 2 is 0.912 bits per heavy atom. The summed E-state index contributed by atoms with van der Waals surface area (Å²) in [5.74, 6) is 1.00. The minimum atomic E-state index is 0.125. The Kier molecular flexibility index (Phi) is 9.11. The summed E-state index contributed by atoms with van der Waals surface area (Å²) in [4.78, 5) is 4.90. The molecule has 0 fully saturated rings. The van der Waals surface area contributed by atoms with Crippen molar-refractivity contribution in [3.63, 3.8) is 0 Å². The highest BCUT2D eigenvalue weighted by atomic mass is 15.1. The molecule has 0 bridgehead atoms. The van der Waals surface area contributed by atoms with Crippen LogP contribution in [0.4, 0.5) is 0 Å². The van der Waals surface area contributed by atoms with Crippen molar-refractivity contribution in [1.82, 2.24) is 9.55 Å². The lowest BCUT2D eigenvalue weighted by atomic mass is 9.59. The average molecular weight is 699 g/mol. The van der Waals surface area contributed by atoms with E-state index in [0.29, 0.717) is 22.3 Å². The lowest BCUT2D eigenvalue weighted by Gasteiger charge is -2.26. The van der Waals surface area contributed by atoms with E-state index >= 15 is 0 Å². The molecule has 0 amide bonds. The van der Waals surface area contributed by atoms with Crippen molar-refractivity contribution >= 4 is 176 Å². The second-order valence-corrected chi connectivity index (χ2v) is 14.4. The summed E-state index contributed by atoms with van der Waals surface area (Å²) in [6.07, 6.45) is 0.800. The molecule has 12 heteroatoms. The summed E-state index contributed by atoms with van der Waals surface area (Å²) in [6.45, 7) is 2.12. The van der Waals surface area contributed by atoms with Gasteiger partial charge in [-0.1, -0.05) is 95.5 Å². The van der Waals surface area contributed by atoms with Crippen LogP contribution >= 0.6 is 0 Å². The van der Waals surface area contributed by atoms with E-state index in [-0.39, 0.29) is 54.6 Å².